The summed E-state index contributed by atoms with van der Waals surface area (Å²) in [5, 5.41) is 5.76. The Labute approximate surface area is 194 Å². The molecule has 0 saturated carbocycles. The molecule has 9 heteroatoms. The molecule has 2 unspecified atom stereocenters. The van der Waals surface area contributed by atoms with Gasteiger partial charge in [-0.2, -0.15) is 0 Å². The van der Waals surface area contributed by atoms with Gasteiger partial charge in [0.15, 0.2) is 6.29 Å². The Morgan fingerprint density at radius 1 is 1.06 bits per heavy atom. The highest BCUT2D eigenvalue weighted by atomic mass is 28.4. The van der Waals surface area contributed by atoms with Crippen molar-refractivity contribution in [2.45, 2.75) is 63.4 Å². The molecule has 0 aliphatic carbocycles. The predicted octanol–water partition coefficient (Wildman–Crippen LogP) is 3.30. The van der Waals surface area contributed by atoms with Crippen molar-refractivity contribution in [2.24, 2.45) is 5.11 Å². The second kappa shape index (κ2) is 9.28. The van der Waals surface area contributed by atoms with Gasteiger partial charge in [-0.25, -0.2) is 0 Å². The number of azide groups is 1. The lowest BCUT2D eigenvalue weighted by Gasteiger charge is -2.48. The van der Waals surface area contributed by atoms with Gasteiger partial charge < -0.3 is 18.6 Å². The van der Waals surface area contributed by atoms with Gasteiger partial charge in [0.1, 0.15) is 24.4 Å². The summed E-state index contributed by atoms with van der Waals surface area (Å²) < 4.78 is 24.7. The summed E-state index contributed by atoms with van der Waals surface area (Å²) in [6, 6.07) is 19.5. The number of carbonyl (C=O) groups excluding carboxylic acids is 1. The van der Waals surface area contributed by atoms with Crippen molar-refractivity contribution in [1.82, 2.24) is 0 Å². The van der Waals surface area contributed by atoms with Gasteiger partial charge in [-0.3, -0.25) is 4.79 Å². The molecular formula is C24H29N3O5Si. The molecule has 33 heavy (non-hydrogen) atoms. The van der Waals surface area contributed by atoms with Gasteiger partial charge in [0, 0.05) is 11.8 Å². The Morgan fingerprint density at radius 2 is 1.64 bits per heavy atom. The van der Waals surface area contributed by atoms with E-state index < -0.39 is 44.9 Å². The third-order valence-corrected chi connectivity index (χ3v) is 11.3. The largest absolute Gasteiger partial charge is 0.459 e. The van der Waals surface area contributed by atoms with E-state index in [-0.39, 0.29) is 11.6 Å². The smallest absolute Gasteiger partial charge is 0.303 e. The van der Waals surface area contributed by atoms with E-state index in [4.69, 9.17) is 18.6 Å². The van der Waals surface area contributed by atoms with Crippen LogP contribution in [0.3, 0.4) is 0 Å². The van der Waals surface area contributed by atoms with Crippen molar-refractivity contribution in [3.05, 3.63) is 71.1 Å². The maximum absolute atomic E-state index is 12.1. The van der Waals surface area contributed by atoms with Crippen LogP contribution in [0.15, 0.2) is 65.8 Å². The number of nitrogens with zero attached hydrogens (tertiary/aromatic N) is 3. The molecule has 2 bridgehead atoms. The molecule has 0 N–H and O–H groups in total. The topological polar surface area (TPSA) is 103 Å². The fraction of sp³-hybridized carbons (Fsp3) is 0.458. The van der Waals surface area contributed by atoms with Crippen LogP contribution in [-0.4, -0.2) is 51.5 Å². The van der Waals surface area contributed by atoms with E-state index in [9.17, 15) is 10.3 Å². The van der Waals surface area contributed by atoms with Crippen molar-refractivity contribution < 1.29 is 23.4 Å². The monoisotopic (exact) mass is 467 g/mol. The Hall–Kier alpha value is -2.68. The lowest BCUT2D eigenvalue weighted by atomic mass is 9.99. The summed E-state index contributed by atoms with van der Waals surface area (Å²) in [4.78, 5) is 15.0. The summed E-state index contributed by atoms with van der Waals surface area (Å²) in [6.07, 6.45) is -2.72. The molecule has 2 aliphatic heterocycles. The number of hydrogen-bond acceptors (Lipinski definition) is 6. The number of carbonyl (C=O) groups is 1. The third kappa shape index (κ3) is 4.30. The molecule has 5 atom stereocenters. The molecule has 0 amide bonds. The van der Waals surface area contributed by atoms with Crippen LogP contribution in [0.5, 0.6) is 0 Å². The molecule has 174 valence electrons. The molecule has 2 saturated heterocycles. The zero-order valence-electron chi connectivity index (χ0n) is 19.3. The van der Waals surface area contributed by atoms with Gasteiger partial charge in [-0.15, -0.1) is 0 Å². The minimum Gasteiger partial charge on any atom is -0.459 e. The average Bonchev–Trinajstić information content (AvgIpc) is 3.22. The Kier molecular flexibility index (Phi) is 6.60. The van der Waals surface area contributed by atoms with Crippen LogP contribution in [-0.2, 0) is 23.4 Å². The van der Waals surface area contributed by atoms with Crippen molar-refractivity contribution in [1.29, 1.82) is 0 Å². The molecular weight excluding hydrogens is 438 g/mol. The molecule has 2 heterocycles. The van der Waals surface area contributed by atoms with Crippen LogP contribution in [0, 0.1) is 0 Å². The lowest BCUT2D eigenvalue weighted by Crippen LogP contribution is -2.71. The van der Waals surface area contributed by atoms with Gasteiger partial charge in [-0.1, -0.05) is 86.5 Å². The molecule has 0 radical (unpaired) electrons. The van der Waals surface area contributed by atoms with Crippen molar-refractivity contribution in [3.63, 3.8) is 0 Å². The highest BCUT2D eigenvalue weighted by molar-refractivity contribution is 6.99. The van der Waals surface area contributed by atoms with E-state index >= 15 is 0 Å². The zero-order valence-corrected chi connectivity index (χ0v) is 20.3. The van der Waals surface area contributed by atoms with Crippen LogP contribution in [0.4, 0.5) is 0 Å². The zero-order chi connectivity index (χ0) is 23.6. The summed E-state index contributed by atoms with van der Waals surface area (Å²) in [5.74, 6) is -0.476. The van der Waals surface area contributed by atoms with Crippen molar-refractivity contribution in [2.75, 3.05) is 6.61 Å². The molecule has 2 aromatic carbocycles. The van der Waals surface area contributed by atoms with Crippen LogP contribution in [0.1, 0.15) is 27.7 Å². The van der Waals surface area contributed by atoms with Gasteiger partial charge in [0.2, 0.25) is 0 Å². The fourth-order valence-electron chi connectivity index (χ4n) is 4.90. The molecule has 8 nitrogen and oxygen atoms in total. The first-order chi connectivity index (χ1) is 15.8. The second-order valence-corrected chi connectivity index (χ2v) is 13.6. The Bertz CT molecular complexity index is 984. The first-order valence-corrected chi connectivity index (χ1v) is 13.0. The van der Waals surface area contributed by atoms with E-state index in [2.05, 4.69) is 55.1 Å². The van der Waals surface area contributed by atoms with E-state index in [1.54, 1.807) is 0 Å². The summed E-state index contributed by atoms with van der Waals surface area (Å²) >= 11 is 0. The third-order valence-electron chi connectivity index (χ3n) is 6.26. The molecule has 2 aromatic rings. The van der Waals surface area contributed by atoms with Gasteiger partial charge in [-0.05, 0) is 20.9 Å². The van der Waals surface area contributed by atoms with Crippen molar-refractivity contribution >= 4 is 24.7 Å². The minimum absolute atomic E-state index is 0.267. The molecule has 4 rings (SSSR count). The lowest BCUT2D eigenvalue weighted by molar-refractivity contribution is -0.193. The van der Waals surface area contributed by atoms with Crippen LogP contribution in [0.2, 0.25) is 5.04 Å². The van der Waals surface area contributed by atoms with Crippen molar-refractivity contribution in [3.8, 4) is 0 Å². The molecule has 2 fully saturated rings. The van der Waals surface area contributed by atoms with E-state index in [0.29, 0.717) is 0 Å². The van der Waals surface area contributed by atoms with E-state index in [0.717, 1.165) is 10.4 Å². The van der Waals surface area contributed by atoms with Crippen LogP contribution >= 0.6 is 0 Å². The highest BCUT2D eigenvalue weighted by Crippen LogP contribution is 2.42. The number of rotatable bonds is 6. The molecule has 0 aromatic heterocycles. The number of hydrogen-bond donors (Lipinski definition) is 0. The number of ether oxygens (including phenoxy) is 3. The van der Waals surface area contributed by atoms with Gasteiger partial charge >= 0.3 is 5.97 Å². The first-order valence-electron chi connectivity index (χ1n) is 11.1. The predicted molar refractivity (Wildman–Crippen MR) is 126 cm³/mol. The standard InChI is InChI=1S/C24H29N3O5Si/c1-16(28)30-22-20(26-27-25)23-29-15-19(31-23)21(22)32-33(24(2,3)4,17-11-7-5-8-12-17)18-13-9-6-10-14-18/h5-14,19-23H,15H2,1-4H3/t19?,20?,21-,22+,23-/m1/s1. The van der Waals surface area contributed by atoms with E-state index in [1.807, 2.05) is 36.4 Å². The summed E-state index contributed by atoms with van der Waals surface area (Å²) in [7, 11) is -2.98. The fourth-order valence-corrected chi connectivity index (χ4v) is 9.61. The maximum Gasteiger partial charge on any atom is 0.303 e. The first kappa shape index (κ1) is 23.5. The number of benzene rings is 2. The average molecular weight is 468 g/mol. The maximum atomic E-state index is 12.1. The number of fused-ring (bicyclic) bond motifs is 2. The van der Waals surface area contributed by atoms with Crippen LogP contribution < -0.4 is 10.4 Å². The Morgan fingerprint density at radius 3 is 2.12 bits per heavy atom. The Balaban J connectivity index is 1.89. The minimum atomic E-state index is -2.98. The van der Waals surface area contributed by atoms with Gasteiger partial charge in [0.25, 0.3) is 8.32 Å². The summed E-state index contributed by atoms with van der Waals surface area (Å²) in [5.41, 5.74) is 9.18. The van der Waals surface area contributed by atoms with Gasteiger partial charge in [0.05, 0.1) is 6.61 Å². The highest BCUT2D eigenvalue weighted by Gasteiger charge is 2.59. The number of esters is 1. The normalized spacial score (nSPS) is 27.0. The second-order valence-electron chi connectivity index (χ2n) is 9.39. The quantitative estimate of drug-likeness (QED) is 0.213. The van der Waals surface area contributed by atoms with E-state index in [1.165, 1.54) is 6.92 Å². The molecule has 0 spiro atoms. The SMILES string of the molecule is CC(=O)O[C@H]1C(N=[N+]=[N-])[C@@H]2OCC(O2)[C@H]1O[Si](c1ccccc1)(c1ccccc1)C(C)(C)C. The van der Waals surface area contributed by atoms with Crippen LogP contribution in [0.25, 0.3) is 10.4 Å². The summed E-state index contributed by atoms with van der Waals surface area (Å²) in [6.45, 7) is 8.11. The molecule has 2 aliphatic rings.